The van der Waals surface area contributed by atoms with Gasteiger partial charge in [0.25, 0.3) is 0 Å². The highest BCUT2D eigenvalue weighted by Crippen LogP contribution is 2.31. The molecule has 1 aliphatic rings. The number of benzene rings is 1. The molecule has 2 heterocycles. The van der Waals surface area contributed by atoms with E-state index in [2.05, 4.69) is 46.0 Å². The Morgan fingerprint density at radius 3 is 2.52 bits per heavy atom. The van der Waals surface area contributed by atoms with Crippen LogP contribution in [-0.2, 0) is 5.88 Å². The van der Waals surface area contributed by atoms with E-state index >= 15 is 0 Å². The van der Waals surface area contributed by atoms with Crippen LogP contribution in [-0.4, -0.2) is 31.2 Å². The van der Waals surface area contributed by atoms with Gasteiger partial charge in [0.1, 0.15) is 5.15 Å². The van der Waals surface area contributed by atoms with Crippen LogP contribution in [0.5, 0.6) is 0 Å². The van der Waals surface area contributed by atoms with E-state index in [1.165, 1.54) is 11.3 Å². The van der Waals surface area contributed by atoms with Crippen LogP contribution >= 0.6 is 34.5 Å². The molecule has 1 saturated heterocycles. The molecule has 1 aromatic heterocycles. The van der Waals surface area contributed by atoms with Crippen molar-refractivity contribution in [3.8, 4) is 0 Å². The molecule has 0 unspecified atom stereocenters. The quantitative estimate of drug-likeness (QED) is 0.781. The van der Waals surface area contributed by atoms with E-state index < -0.39 is 0 Å². The highest BCUT2D eigenvalue weighted by molar-refractivity contribution is 7.16. The Morgan fingerprint density at radius 2 is 1.90 bits per heavy atom. The molecular weight excluding hydrogens is 325 g/mol. The summed E-state index contributed by atoms with van der Waals surface area (Å²) in [5.74, 6) is 0.430. The lowest BCUT2D eigenvalue weighted by atomic mass is 10.2. The minimum absolute atomic E-state index is 0.430. The Bertz CT molecular complexity index is 621. The summed E-state index contributed by atoms with van der Waals surface area (Å²) in [6.45, 7) is 6.04. The van der Waals surface area contributed by atoms with Crippen molar-refractivity contribution in [2.24, 2.45) is 0 Å². The SMILES string of the molecule is Cc1cccc(N2CCN(c3nc(Cl)c(CCl)s3)CC2)c1. The van der Waals surface area contributed by atoms with Crippen LogP contribution < -0.4 is 9.80 Å². The number of halogens is 2. The maximum atomic E-state index is 6.08. The van der Waals surface area contributed by atoms with Gasteiger partial charge in [-0.3, -0.25) is 0 Å². The monoisotopic (exact) mass is 341 g/mol. The summed E-state index contributed by atoms with van der Waals surface area (Å²) in [5.41, 5.74) is 2.60. The van der Waals surface area contributed by atoms with Gasteiger partial charge in [0, 0.05) is 31.9 Å². The third-order valence-electron chi connectivity index (χ3n) is 3.68. The molecule has 6 heteroatoms. The molecule has 1 fully saturated rings. The van der Waals surface area contributed by atoms with E-state index in [-0.39, 0.29) is 0 Å². The molecule has 0 saturated carbocycles. The molecule has 1 aromatic carbocycles. The Kier molecular flexibility index (Phi) is 4.57. The first-order chi connectivity index (χ1) is 10.2. The fraction of sp³-hybridized carbons (Fsp3) is 0.400. The van der Waals surface area contributed by atoms with Crippen molar-refractivity contribution in [1.29, 1.82) is 0 Å². The first kappa shape index (κ1) is 14.9. The zero-order chi connectivity index (χ0) is 14.8. The fourth-order valence-corrected chi connectivity index (χ4v) is 4.04. The van der Waals surface area contributed by atoms with Crippen molar-refractivity contribution < 1.29 is 0 Å². The van der Waals surface area contributed by atoms with Crippen LogP contribution in [0, 0.1) is 6.92 Å². The van der Waals surface area contributed by atoms with Crippen molar-refractivity contribution >= 4 is 45.4 Å². The fourth-order valence-electron chi connectivity index (χ4n) is 2.52. The van der Waals surface area contributed by atoms with Gasteiger partial charge in [-0.25, -0.2) is 4.98 Å². The summed E-state index contributed by atoms with van der Waals surface area (Å²) in [7, 11) is 0. The topological polar surface area (TPSA) is 19.4 Å². The smallest absolute Gasteiger partial charge is 0.187 e. The van der Waals surface area contributed by atoms with Crippen LogP contribution in [0.15, 0.2) is 24.3 Å². The number of aryl methyl sites for hydroxylation is 1. The van der Waals surface area contributed by atoms with E-state index in [0.29, 0.717) is 11.0 Å². The molecule has 0 amide bonds. The largest absolute Gasteiger partial charge is 0.368 e. The lowest BCUT2D eigenvalue weighted by Gasteiger charge is -2.36. The Labute approximate surface area is 139 Å². The minimum atomic E-state index is 0.430. The summed E-state index contributed by atoms with van der Waals surface area (Å²) in [6, 6.07) is 8.66. The van der Waals surface area contributed by atoms with Crippen LogP contribution in [0.1, 0.15) is 10.4 Å². The summed E-state index contributed by atoms with van der Waals surface area (Å²) in [5, 5.41) is 1.53. The van der Waals surface area contributed by atoms with Gasteiger partial charge in [0.05, 0.1) is 10.8 Å². The van der Waals surface area contributed by atoms with Crippen molar-refractivity contribution in [3.63, 3.8) is 0 Å². The Morgan fingerprint density at radius 1 is 1.19 bits per heavy atom. The summed E-state index contributed by atoms with van der Waals surface area (Å²) in [4.78, 5) is 10.1. The van der Waals surface area contributed by atoms with Crippen LogP contribution in [0.25, 0.3) is 0 Å². The summed E-state index contributed by atoms with van der Waals surface area (Å²) >= 11 is 13.5. The standard InChI is InChI=1S/C15H17Cl2N3S/c1-11-3-2-4-12(9-11)19-5-7-20(8-6-19)15-18-14(17)13(10-16)21-15/h2-4,9H,5-8,10H2,1H3. The molecule has 3 nitrogen and oxygen atoms in total. The molecule has 21 heavy (non-hydrogen) atoms. The number of hydrogen-bond donors (Lipinski definition) is 0. The minimum Gasteiger partial charge on any atom is -0.368 e. The molecule has 3 rings (SSSR count). The third-order valence-corrected chi connectivity index (χ3v) is 5.64. The molecule has 0 aliphatic carbocycles. The van der Waals surface area contributed by atoms with Gasteiger partial charge < -0.3 is 9.80 Å². The van der Waals surface area contributed by atoms with Gasteiger partial charge in [-0.05, 0) is 24.6 Å². The number of piperazine rings is 1. The van der Waals surface area contributed by atoms with E-state index in [0.717, 1.165) is 36.2 Å². The van der Waals surface area contributed by atoms with Gasteiger partial charge in [-0.2, -0.15) is 0 Å². The normalized spacial score (nSPS) is 15.6. The molecule has 0 spiro atoms. The van der Waals surface area contributed by atoms with Crippen LogP contribution in [0.3, 0.4) is 0 Å². The zero-order valence-corrected chi connectivity index (χ0v) is 14.2. The molecule has 112 valence electrons. The van der Waals surface area contributed by atoms with Gasteiger partial charge in [-0.1, -0.05) is 35.1 Å². The predicted octanol–water partition coefficient (Wildman–Crippen LogP) is 4.17. The maximum Gasteiger partial charge on any atom is 0.187 e. The lowest BCUT2D eigenvalue weighted by Crippen LogP contribution is -2.46. The van der Waals surface area contributed by atoms with E-state index in [1.54, 1.807) is 11.3 Å². The lowest BCUT2D eigenvalue weighted by molar-refractivity contribution is 0.652. The molecule has 0 bridgehead atoms. The van der Waals surface area contributed by atoms with Crippen molar-refractivity contribution in [2.45, 2.75) is 12.8 Å². The number of nitrogens with zero attached hydrogens (tertiary/aromatic N) is 3. The van der Waals surface area contributed by atoms with E-state index in [4.69, 9.17) is 23.2 Å². The molecule has 0 atom stereocenters. The molecule has 2 aromatic rings. The number of aromatic nitrogens is 1. The van der Waals surface area contributed by atoms with Crippen molar-refractivity contribution in [1.82, 2.24) is 4.98 Å². The van der Waals surface area contributed by atoms with Gasteiger partial charge in [-0.15, -0.1) is 11.6 Å². The Hall–Kier alpha value is -0.970. The zero-order valence-electron chi connectivity index (χ0n) is 11.9. The molecular formula is C15H17Cl2N3S. The Balaban J connectivity index is 1.67. The number of hydrogen-bond acceptors (Lipinski definition) is 4. The second-order valence-electron chi connectivity index (χ2n) is 5.16. The molecule has 0 radical (unpaired) electrons. The van der Waals surface area contributed by atoms with Gasteiger partial charge in [0.15, 0.2) is 5.13 Å². The van der Waals surface area contributed by atoms with Crippen molar-refractivity contribution in [3.05, 3.63) is 39.9 Å². The first-order valence-electron chi connectivity index (χ1n) is 6.95. The number of anilines is 2. The highest BCUT2D eigenvalue weighted by atomic mass is 35.5. The number of thiazole rings is 1. The third kappa shape index (κ3) is 3.28. The summed E-state index contributed by atoms with van der Waals surface area (Å²) < 4.78 is 0. The second-order valence-corrected chi connectivity index (χ2v) is 6.84. The average Bonchev–Trinajstić information content (AvgIpc) is 2.88. The molecule has 0 N–H and O–H groups in total. The first-order valence-corrected chi connectivity index (χ1v) is 8.68. The predicted molar refractivity (Wildman–Crippen MR) is 92.3 cm³/mol. The van der Waals surface area contributed by atoms with Gasteiger partial charge >= 0.3 is 0 Å². The number of rotatable bonds is 3. The second kappa shape index (κ2) is 6.42. The van der Waals surface area contributed by atoms with Crippen molar-refractivity contribution in [2.75, 3.05) is 36.0 Å². The average molecular weight is 342 g/mol. The summed E-state index contributed by atoms with van der Waals surface area (Å²) in [6.07, 6.45) is 0. The van der Waals surface area contributed by atoms with Crippen LogP contribution in [0.4, 0.5) is 10.8 Å². The maximum absolute atomic E-state index is 6.08. The van der Waals surface area contributed by atoms with E-state index in [1.807, 2.05) is 0 Å². The highest BCUT2D eigenvalue weighted by Gasteiger charge is 2.21. The van der Waals surface area contributed by atoms with Crippen LogP contribution in [0.2, 0.25) is 5.15 Å². The van der Waals surface area contributed by atoms with Gasteiger partial charge in [0.2, 0.25) is 0 Å². The molecule has 1 aliphatic heterocycles. The number of alkyl halides is 1. The van der Waals surface area contributed by atoms with E-state index in [9.17, 15) is 0 Å².